The predicted octanol–water partition coefficient (Wildman–Crippen LogP) is 4.22. The summed E-state index contributed by atoms with van der Waals surface area (Å²) in [6.45, 7) is 3.85. The fourth-order valence-corrected chi connectivity index (χ4v) is 4.15. The van der Waals surface area contributed by atoms with Crippen LogP contribution in [0.1, 0.15) is 42.5 Å². The van der Waals surface area contributed by atoms with Crippen molar-refractivity contribution in [3.8, 4) is 0 Å². The number of halogens is 1. The van der Waals surface area contributed by atoms with Crippen LogP contribution < -0.4 is 9.80 Å². The van der Waals surface area contributed by atoms with E-state index in [0.29, 0.717) is 5.02 Å². The summed E-state index contributed by atoms with van der Waals surface area (Å²) >= 11 is 5.92. The lowest BCUT2D eigenvalue weighted by molar-refractivity contribution is 0.0900. The van der Waals surface area contributed by atoms with Crippen LogP contribution in [0.4, 0.5) is 11.6 Å². The summed E-state index contributed by atoms with van der Waals surface area (Å²) in [5.74, 6) is 2.30. The lowest BCUT2D eigenvalue weighted by atomic mass is 9.89. The quantitative estimate of drug-likeness (QED) is 0.738. The molecule has 0 radical (unpaired) electrons. The lowest BCUT2D eigenvalue weighted by Gasteiger charge is -2.33. The molecule has 0 aliphatic carbocycles. The van der Waals surface area contributed by atoms with Gasteiger partial charge in [-0.05, 0) is 56.4 Å². The minimum absolute atomic E-state index is 0.0748. The third-order valence-corrected chi connectivity index (χ3v) is 5.89. The first-order valence-electron chi connectivity index (χ1n) is 9.82. The summed E-state index contributed by atoms with van der Waals surface area (Å²) in [5, 5.41) is 0.662. The molecule has 5 nitrogen and oxygen atoms in total. The van der Waals surface area contributed by atoms with Crippen LogP contribution in [0, 0.1) is 5.92 Å². The Kier molecular flexibility index (Phi) is 5.58. The topological polar surface area (TPSA) is 49.3 Å². The number of benzene rings is 1. The largest absolute Gasteiger partial charge is 0.356 e. The molecule has 27 heavy (non-hydrogen) atoms. The zero-order valence-electron chi connectivity index (χ0n) is 15.5. The molecule has 1 aromatic heterocycles. The highest BCUT2D eigenvalue weighted by Gasteiger charge is 2.27. The average molecular weight is 385 g/mol. The molecule has 2 aliphatic heterocycles. The minimum Gasteiger partial charge on any atom is -0.356 e. The van der Waals surface area contributed by atoms with E-state index < -0.39 is 0 Å². The first-order valence-corrected chi connectivity index (χ1v) is 10.2. The Hall–Kier alpha value is -2.14. The fourth-order valence-electron chi connectivity index (χ4n) is 4.03. The summed E-state index contributed by atoms with van der Waals surface area (Å²) in [7, 11) is 0. The van der Waals surface area contributed by atoms with Crippen LogP contribution in [0.3, 0.4) is 0 Å². The number of Topliss-reactive ketones (excluding diaryl/α,β-unsaturated/α-hetero) is 1. The molecule has 4 rings (SSSR count). The van der Waals surface area contributed by atoms with E-state index >= 15 is 0 Å². The van der Waals surface area contributed by atoms with E-state index in [2.05, 4.69) is 25.8 Å². The zero-order chi connectivity index (χ0) is 18.6. The van der Waals surface area contributed by atoms with E-state index in [1.54, 1.807) is 18.5 Å². The highest BCUT2D eigenvalue weighted by molar-refractivity contribution is 6.30. The number of aromatic nitrogens is 2. The summed E-state index contributed by atoms with van der Waals surface area (Å²) in [5.41, 5.74) is 0.757. The number of nitrogens with zero attached hydrogens (tertiary/aromatic N) is 4. The Bertz CT molecular complexity index is 781. The van der Waals surface area contributed by atoms with Gasteiger partial charge >= 0.3 is 0 Å². The standard InChI is InChI=1S/C21H25ClN4O/c22-18-6-4-16(5-7-18)21(27)17-8-12-26(13-9-17)20-14-19(23-15-24-20)25-10-2-1-3-11-25/h4-7,14-15,17H,1-3,8-13H2. The molecule has 0 bridgehead atoms. The highest BCUT2D eigenvalue weighted by Crippen LogP contribution is 2.27. The molecular weight excluding hydrogens is 360 g/mol. The van der Waals surface area contributed by atoms with Crippen molar-refractivity contribution < 1.29 is 4.79 Å². The number of piperidine rings is 2. The summed E-state index contributed by atoms with van der Waals surface area (Å²) in [6.07, 6.45) is 7.15. The van der Waals surface area contributed by atoms with Gasteiger partial charge in [0.25, 0.3) is 0 Å². The van der Waals surface area contributed by atoms with Crippen LogP contribution in [0.25, 0.3) is 0 Å². The van der Waals surface area contributed by atoms with Crippen molar-refractivity contribution in [1.82, 2.24) is 9.97 Å². The van der Waals surface area contributed by atoms with E-state index in [4.69, 9.17) is 11.6 Å². The molecule has 0 saturated carbocycles. The van der Waals surface area contributed by atoms with Gasteiger partial charge in [0.2, 0.25) is 0 Å². The summed E-state index contributed by atoms with van der Waals surface area (Å²) in [4.78, 5) is 26.3. The van der Waals surface area contributed by atoms with Crippen molar-refractivity contribution in [2.24, 2.45) is 5.92 Å². The Balaban J connectivity index is 1.39. The molecule has 0 N–H and O–H groups in total. The SMILES string of the molecule is O=C(c1ccc(Cl)cc1)C1CCN(c2cc(N3CCCCC3)ncn2)CC1. The van der Waals surface area contributed by atoms with Gasteiger partial charge in [-0.1, -0.05) is 11.6 Å². The lowest BCUT2D eigenvalue weighted by Crippen LogP contribution is -2.37. The van der Waals surface area contributed by atoms with Crippen molar-refractivity contribution in [3.63, 3.8) is 0 Å². The maximum atomic E-state index is 12.7. The van der Waals surface area contributed by atoms with Crippen molar-refractivity contribution in [2.45, 2.75) is 32.1 Å². The molecule has 2 saturated heterocycles. The van der Waals surface area contributed by atoms with Gasteiger partial charge in [0.05, 0.1) is 0 Å². The van der Waals surface area contributed by atoms with Gasteiger partial charge in [-0.25, -0.2) is 9.97 Å². The highest BCUT2D eigenvalue weighted by atomic mass is 35.5. The number of rotatable bonds is 4. The molecule has 2 fully saturated rings. The van der Waals surface area contributed by atoms with Gasteiger partial charge in [-0.15, -0.1) is 0 Å². The molecule has 2 aliphatic rings. The molecule has 0 atom stereocenters. The number of carbonyl (C=O) groups excluding carboxylic acids is 1. The second-order valence-corrected chi connectivity index (χ2v) is 7.85. The number of hydrogen-bond acceptors (Lipinski definition) is 5. The van der Waals surface area contributed by atoms with Crippen LogP contribution in [0.15, 0.2) is 36.7 Å². The normalized spacial score (nSPS) is 18.6. The summed E-state index contributed by atoms with van der Waals surface area (Å²) in [6, 6.07) is 9.32. The van der Waals surface area contributed by atoms with Crippen molar-refractivity contribution in [3.05, 3.63) is 47.2 Å². The van der Waals surface area contributed by atoms with Crippen LogP contribution in [0.2, 0.25) is 5.02 Å². The van der Waals surface area contributed by atoms with Gasteiger partial charge in [0.15, 0.2) is 5.78 Å². The molecule has 2 aromatic rings. The van der Waals surface area contributed by atoms with Crippen LogP contribution in [-0.4, -0.2) is 41.9 Å². The van der Waals surface area contributed by atoms with Crippen LogP contribution in [0.5, 0.6) is 0 Å². The molecule has 6 heteroatoms. The smallest absolute Gasteiger partial charge is 0.166 e. The van der Waals surface area contributed by atoms with E-state index in [9.17, 15) is 4.79 Å². The van der Waals surface area contributed by atoms with Crippen LogP contribution >= 0.6 is 11.6 Å². The number of anilines is 2. The zero-order valence-corrected chi connectivity index (χ0v) is 16.2. The van der Waals surface area contributed by atoms with Crippen molar-refractivity contribution in [1.29, 1.82) is 0 Å². The molecule has 0 unspecified atom stereocenters. The minimum atomic E-state index is 0.0748. The van der Waals surface area contributed by atoms with Gasteiger partial charge in [-0.2, -0.15) is 0 Å². The maximum absolute atomic E-state index is 12.7. The van der Waals surface area contributed by atoms with Gasteiger partial charge < -0.3 is 9.80 Å². The van der Waals surface area contributed by atoms with Crippen molar-refractivity contribution >= 4 is 29.0 Å². The van der Waals surface area contributed by atoms with E-state index in [-0.39, 0.29) is 11.7 Å². The van der Waals surface area contributed by atoms with Gasteiger partial charge in [0.1, 0.15) is 18.0 Å². The molecule has 1 aromatic carbocycles. The maximum Gasteiger partial charge on any atom is 0.166 e. The fraction of sp³-hybridized carbons (Fsp3) is 0.476. The Labute approximate surface area is 165 Å². The average Bonchev–Trinajstić information content (AvgIpc) is 2.75. The van der Waals surface area contributed by atoms with Gasteiger partial charge in [-0.3, -0.25) is 4.79 Å². The van der Waals surface area contributed by atoms with E-state index in [0.717, 1.165) is 56.2 Å². The Morgan fingerprint density at radius 2 is 1.48 bits per heavy atom. The van der Waals surface area contributed by atoms with Gasteiger partial charge in [0, 0.05) is 48.7 Å². The Morgan fingerprint density at radius 1 is 0.889 bits per heavy atom. The third-order valence-electron chi connectivity index (χ3n) is 5.64. The van der Waals surface area contributed by atoms with Crippen LogP contribution in [-0.2, 0) is 0 Å². The predicted molar refractivity (Wildman–Crippen MR) is 109 cm³/mol. The first-order chi connectivity index (χ1) is 13.2. The third kappa shape index (κ3) is 4.24. The molecule has 0 spiro atoms. The van der Waals surface area contributed by atoms with E-state index in [1.165, 1.54) is 19.3 Å². The monoisotopic (exact) mass is 384 g/mol. The molecular formula is C21H25ClN4O. The second kappa shape index (κ2) is 8.26. The molecule has 142 valence electrons. The van der Waals surface area contributed by atoms with E-state index in [1.807, 2.05) is 12.1 Å². The number of ketones is 1. The second-order valence-electron chi connectivity index (χ2n) is 7.41. The first kappa shape index (κ1) is 18.2. The number of hydrogen-bond donors (Lipinski definition) is 0. The van der Waals surface area contributed by atoms with Crippen molar-refractivity contribution in [2.75, 3.05) is 36.0 Å². The Morgan fingerprint density at radius 3 is 2.11 bits per heavy atom. The summed E-state index contributed by atoms with van der Waals surface area (Å²) < 4.78 is 0. The molecule has 0 amide bonds. The number of carbonyl (C=O) groups is 1. The molecule has 3 heterocycles.